The summed E-state index contributed by atoms with van der Waals surface area (Å²) in [5.41, 5.74) is 11.5. The quantitative estimate of drug-likeness (QED) is 0.383. The summed E-state index contributed by atoms with van der Waals surface area (Å²) in [6.07, 6.45) is 6.18. The SMILES string of the molecule is Cl.NC(=NC1CCCCC1)c1ccc2c(c1)nc1ccc3sccc3n12. The Morgan fingerprint density at radius 2 is 1.92 bits per heavy atom. The zero-order chi connectivity index (χ0) is 16.8. The van der Waals surface area contributed by atoms with Crippen molar-refractivity contribution in [2.75, 3.05) is 0 Å². The van der Waals surface area contributed by atoms with Gasteiger partial charge in [-0.15, -0.1) is 23.7 Å². The van der Waals surface area contributed by atoms with E-state index >= 15 is 0 Å². The first-order valence-corrected chi connectivity index (χ1v) is 9.80. The zero-order valence-corrected chi connectivity index (χ0v) is 16.0. The third-order valence-corrected chi connectivity index (χ3v) is 6.04. The van der Waals surface area contributed by atoms with Gasteiger partial charge < -0.3 is 5.73 Å². The van der Waals surface area contributed by atoms with E-state index in [2.05, 4.69) is 46.2 Å². The van der Waals surface area contributed by atoms with Crippen LogP contribution in [0, 0.1) is 0 Å². The Balaban J connectivity index is 0.00000168. The minimum absolute atomic E-state index is 0. The molecule has 134 valence electrons. The first kappa shape index (κ1) is 17.3. The van der Waals surface area contributed by atoms with Crippen molar-refractivity contribution < 1.29 is 0 Å². The average Bonchev–Trinajstić information content (AvgIpc) is 3.25. The summed E-state index contributed by atoms with van der Waals surface area (Å²) in [7, 11) is 0. The van der Waals surface area contributed by atoms with Crippen LogP contribution in [0.1, 0.15) is 37.7 Å². The molecule has 3 heterocycles. The number of hydrogen-bond donors (Lipinski definition) is 1. The van der Waals surface area contributed by atoms with E-state index in [0.717, 1.165) is 35.1 Å². The molecule has 26 heavy (non-hydrogen) atoms. The normalized spacial score (nSPS) is 16.4. The highest BCUT2D eigenvalue weighted by Crippen LogP contribution is 2.27. The van der Waals surface area contributed by atoms with Gasteiger partial charge in [0.25, 0.3) is 0 Å². The van der Waals surface area contributed by atoms with E-state index in [0.29, 0.717) is 11.9 Å². The topological polar surface area (TPSA) is 55.7 Å². The van der Waals surface area contributed by atoms with Crippen LogP contribution in [-0.4, -0.2) is 21.3 Å². The highest BCUT2D eigenvalue weighted by atomic mass is 35.5. The number of nitrogens with zero attached hydrogens (tertiary/aromatic N) is 3. The Hall–Kier alpha value is -2.11. The predicted molar refractivity (Wildman–Crippen MR) is 113 cm³/mol. The Bertz CT molecular complexity index is 1110. The van der Waals surface area contributed by atoms with E-state index in [1.54, 1.807) is 11.3 Å². The van der Waals surface area contributed by atoms with E-state index in [-0.39, 0.29) is 12.4 Å². The molecule has 0 amide bonds. The molecule has 3 aromatic heterocycles. The summed E-state index contributed by atoms with van der Waals surface area (Å²) in [4.78, 5) is 9.56. The lowest BCUT2D eigenvalue weighted by Gasteiger charge is -2.18. The Morgan fingerprint density at radius 1 is 1.08 bits per heavy atom. The number of pyridine rings is 1. The minimum Gasteiger partial charge on any atom is -0.383 e. The first-order chi connectivity index (χ1) is 12.3. The highest BCUT2D eigenvalue weighted by molar-refractivity contribution is 7.17. The molecule has 0 unspecified atom stereocenters. The number of thiophene rings is 1. The number of benzene rings is 1. The van der Waals surface area contributed by atoms with E-state index < -0.39 is 0 Å². The van der Waals surface area contributed by atoms with Crippen LogP contribution in [0.25, 0.3) is 26.9 Å². The van der Waals surface area contributed by atoms with Gasteiger partial charge in [0.15, 0.2) is 0 Å². The largest absolute Gasteiger partial charge is 0.383 e. The molecule has 0 saturated heterocycles. The van der Waals surface area contributed by atoms with Crippen LogP contribution < -0.4 is 5.73 Å². The van der Waals surface area contributed by atoms with E-state index in [9.17, 15) is 0 Å². The lowest BCUT2D eigenvalue weighted by molar-refractivity contribution is 0.443. The third kappa shape index (κ3) is 2.85. The second kappa shape index (κ2) is 6.89. The zero-order valence-electron chi connectivity index (χ0n) is 14.4. The Kier molecular flexibility index (Phi) is 4.59. The standard InChI is InChI=1S/C20H20N4S.ClH/c21-20(22-14-4-2-1-3-5-14)13-6-7-16-15(12-13)23-19-9-8-18-17(24(16)19)10-11-25-18;/h6-12,14H,1-5H2,(H2,21,22);1H. The summed E-state index contributed by atoms with van der Waals surface area (Å²) in [6, 6.07) is 13.0. The minimum atomic E-state index is 0. The van der Waals surface area contributed by atoms with Crippen molar-refractivity contribution >= 4 is 56.5 Å². The van der Waals surface area contributed by atoms with Crippen molar-refractivity contribution in [2.24, 2.45) is 10.7 Å². The molecule has 0 bridgehead atoms. The summed E-state index contributed by atoms with van der Waals surface area (Å²) < 4.78 is 3.49. The lowest BCUT2D eigenvalue weighted by Crippen LogP contribution is -2.19. The number of nitrogens with two attached hydrogens (primary N) is 1. The van der Waals surface area contributed by atoms with Gasteiger partial charge in [0.05, 0.1) is 27.3 Å². The summed E-state index contributed by atoms with van der Waals surface area (Å²) in [6.45, 7) is 0. The van der Waals surface area contributed by atoms with Crippen molar-refractivity contribution in [3.8, 4) is 0 Å². The summed E-state index contributed by atoms with van der Waals surface area (Å²) in [5.74, 6) is 0.645. The van der Waals surface area contributed by atoms with Gasteiger partial charge in [-0.1, -0.05) is 19.3 Å². The molecule has 5 rings (SSSR count). The number of imidazole rings is 1. The first-order valence-electron chi connectivity index (χ1n) is 8.92. The van der Waals surface area contributed by atoms with Crippen LogP contribution in [0.15, 0.2) is 46.8 Å². The molecule has 1 saturated carbocycles. The van der Waals surface area contributed by atoms with E-state index in [4.69, 9.17) is 15.7 Å². The second-order valence-electron chi connectivity index (χ2n) is 6.82. The molecular formula is C20H21ClN4S. The molecule has 0 atom stereocenters. The molecule has 4 aromatic rings. The predicted octanol–water partition coefficient (Wildman–Crippen LogP) is 5.16. The monoisotopic (exact) mass is 384 g/mol. The molecule has 0 aliphatic heterocycles. The van der Waals surface area contributed by atoms with Gasteiger partial charge in [-0.05, 0) is 54.6 Å². The Labute approximate surface area is 162 Å². The van der Waals surface area contributed by atoms with Crippen LogP contribution in [-0.2, 0) is 0 Å². The number of hydrogen-bond acceptors (Lipinski definition) is 3. The van der Waals surface area contributed by atoms with Gasteiger partial charge in [0, 0.05) is 5.56 Å². The Morgan fingerprint density at radius 3 is 2.77 bits per heavy atom. The van der Waals surface area contributed by atoms with Gasteiger partial charge in [-0.3, -0.25) is 9.39 Å². The number of aliphatic imine (C=N–C) groups is 1. The van der Waals surface area contributed by atoms with E-state index in [1.807, 2.05) is 0 Å². The fourth-order valence-electron chi connectivity index (χ4n) is 3.88. The highest BCUT2D eigenvalue weighted by Gasteiger charge is 2.14. The molecule has 2 N–H and O–H groups in total. The van der Waals surface area contributed by atoms with Crippen molar-refractivity contribution in [1.82, 2.24) is 9.38 Å². The number of fused-ring (bicyclic) bond motifs is 5. The van der Waals surface area contributed by atoms with Crippen LogP contribution in [0.5, 0.6) is 0 Å². The van der Waals surface area contributed by atoms with Gasteiger partial charge >= 0.3 is 0 Å². The van der Waals surface area contributed by atoms with Gasteiger partial charge in [-0.25, -0.2) is 4.98 Å². The van der Waals surface area contributed by atoms with Gasteiger partial charge in [0.1, 0.15) is 11.5 Å². The van der Waals surface area contributed by atoms with Crippen LogP contribution >= 0.6 is 23.7 Å². The maximum Gasteiger partial charge on any atom is 0.138 e. The van der Waals surface area contributed by atoms with Crippen LogP contribution in [0.2, 0.25) is 0 Å². The second-order valence-corrected chi connectivity index (χ2v) is 7.77. The van der Waals surface area contributed by atoms with Crippen molar-refractivity contribution in [1.29, 1.82) is 0 Å². The average molecular weight is 385 g/mol. The van der Waals surface area contributed by atoms with Gasteiger partial charge in [0.2, 0.25) is 0 Å². The van der Waals surface area contributed by atoms with Crippen LogP contribution in [0.3, 0.4) is 0 Å². The fourth-order valence-corrected chi connectivity index (χ4v) is 4.65. The maximum absolute atomic E-state index is 6.30. The van der Waals surface area contributed by atoms with Gasteiger partial charge in [-0.2, -0.15) is 0 Å². The third-order valence-electron chi connectivity index (χ3n) is 5.17. The number of aromatic nitrogens is 2. The molecule has 0 spiro atoms. The molecule has 0 radical (unpaired) electrons. The number of rotatable bonds is 2. The summed E-state index contributed by atoms with van der Waals surface area (Å²) in [5, 5.41) is 2.12. The summed E-state index contributed by atoms with van der Waals surface area (Å²) >= 11 is 1.75. The molecule has 4 nitrogen and oxygen atoms in total. The van der Waals surface area contributed by atoms with Crippen molar-refractivity contribution in [3.63, 3.8) is 0 Å². The molecular weight excluding hydrogens is 364 g/mol. The smallest absolute Gasteiger partial charge is 0.138 e. The fraction of sp³-hybridized carbons (Fsp3) is 0.300. The maximum atomic E-state index is 6.30. The molecule has 1 aliphatic carbocycles. The number of halogens is 1. The van der Waals surface area contributed by atoms with Crippen molar-refractivity contribution in [3.05, 3.63) is 47.3 Å². The van der Waals surface area contributed by atoms with E-state index in [1.165, 1.54) is 29.5 Å². The number of amidine groups is 1. The molecule has 1 aromatic carbocycles. The molecule has 1 aliphatic rings. The van der Waals surface area contributed by atoms with Crippen LogP contribution in [0.4, 0.5) is 0 Å². The van der Waals surface area contributed by atoms with Crippen molar-refractivity contribution in [2.45, 2.75) is 38.1 Å². The lowest BCUT2D eigenvalue weighted by atomic mass is 9.96. The molecule has 1 fully saturated rings. The molecule has 6 heteroatoms.